The quantitative estimate of drug-likeness (QED) is 0.751. The monoisotopic (exact) mass is 264 g/mol. The molecule has 1 amide bonds. The van der Waals surface area contributed by atoms with Crippen molar-refractivity contribution in [2.24, 2.45) is 0 Å². The van der Waals surface area contributed by atoms with Gasteiger partial charge in [-0.2, -0.15) is 0 Å². The van der Waals surface area contributed by atoms with Crippen molar-refractivity contribution in [3.8, 4) is 0 Å². The summed E-state index contributed by atoms with van der Waals surface area (Å²) >= 11 is 0. The molecule has 1 aliphatic rings. The van der Waals surface area contributed by atoms with Crippen LogP contribution in [0.3, 0.4) is 0 Å². The molecule has 0 aromatic heterocycles. The minimum absolute atomic E-state index is 0.0560. The van der Waals surface area contributed by atoms with E-state index in [2.05, 4.69) is 16.7 Å². The van der Waals surface area contributed by atoms with E-state index in [9.17, 15) is 4.79 Å². The Kier molecular flexibility index (Phi) is 5.32. The van der Waals surface area contributed by atoms with Crippen LogP contribution in [-0.2, 0) is 27.2 Å². The first kappa shape index (κ1) is 14.0. The standard InChI is InChI=1S/C14H20N2O3/c1-18-7-8-19-10-14(17)16-13-4-2-3-11-5-6-15-9-12(11)13/h2-4,15H,5-10H2,1H3,(H,16,17). The van der Waals surface area contributed by atoms with E-state index in [0.29, 0.717) is 13.2 Å². The van der Waals surface area contributed by atoms with Gasteiger partial charge in [0.05, 0.1) is 13.2 Å². The first-order chi connectivity index (χ1) is 9.31. The number of methoxy groups -OCH3 is 1. The molecule has 1 aromatic carbocycles. The Balaban J connectivity index is 1.90. The Hall–Kier alpha value is -1.43. The third kappa shape index (κ3) is 4.02. The molecule has 0 unspecified atom stereocenters. The predicted octanol–water partition coefficient (Wildman–Crippen LogP) is 0.934. The van der Waals surface area contributed by atoms with Crippen LogP contribution in [0.4, 0.5) is 5.69 Å². The van der Waals surface area contributed by atoms with E-state index < -0.39 is 0 Å². The molecular formula is C14H20N2O3. The lowest BCUT2D eigenvalue weighted by Gasteiger charge is -2.20. The van der Waals surface area contributed by atoms with Gasteiger partial charge >= 0.3 is 0 Å². The number of anilines is 1. The minimum Gasteiger partial charge on any atom is -0.382 e. The second-order valence-corrected chi connectivity index (χ2v) is 4.46. The lowest BCUT2D eigenvalue weighted by atomic mass is 9.99. The summed E-state index contributed by atoms with van der Waals surface area (Å²) < 4.78 is 10.1. The zero-order chi connectivity index (χ0) is 13.5. The lowest BCUT2D eigenvalue weighted by molar-refractivity contribution is -0.121. The topological polar surface area (TPSA) is 59.6 Å². The van der Waals surface area contributed by atoms with Crippen LogP contribution in [-0.4, -0.2) is 39.4 Å². The van der Waals surface area contributed by atoms with Crippen LogP contribution in [0.2, 0.25) is 0 Å². The summed E-state index contributed by atoms with van der Waals surface area (Å²) in [5, 5.41) is 6.22. The van der Waals surface area contributed by atoms with Crippen LogP contribution in [0, 0.1) is 0 Å². The zero-order valence-electron chi connectivity index (χ0n) is 11.2. The number of hydrogen-bond donors (Lipinski definition) is 2. The highest BCUT2D eigenvalue weighted by Gasteiger charge is 2.13. The van der Waals surface area contributed by atoms with E-state index in [1.54, 1.807) is 7.11 Å². The van der Waals surface area contributed by atoms with Gasteiger partial charge in [-0.05, 0) is 30.2 Å². The fourth-order valence-electron chi connectivity index (χ4n) is 2.12. The van der Waals surface area contributed by atoms with Gasteiger partial charge in [0.25, 0.3) is 0 Å². The highest BCUT2D eigenvalue weighted by atomic mass is 16.5. The van der Waals surface area contributed by atoms with Crippen molar-refractivity contribution < 1.29 is 14.3 Å². The number of carbonyl (C=O) groups is 1. The van der Waals surface area contributed by atoms with Gasteiger partial charge in [0.15, 0.2) is 0 Å². The number of amides is 1. The Bertz CT molecular complexity index is 435. The molecule has 0 spiro atoms. The van der Waals surface area contributed by atoms with Gasteiger partial charge in [-0.25, -0.2) is 0 Å². The molecule has 2 N–H and O–H groups in total. The largest absolute Gasteiger partial charge is 0.382 e. The van der Waals surface area contributed by atoms with Gasteiger partial charge in [0.2, 0.25) is 5.91 Å². The highest BCUT2D eigenvalue weighted by molar-refractivity contribution is 5.92. The first-order valence-corrected chi connectivity index (χ1v) is 6.49. The second kappa shape index (κ2) is 7.23. The summed E-state index contributed by atoms with van der Waals surface area (Å²) in [5.74, 6) is -0.130. The number of rotatable bonds is 6. The van der Waals surface area contributed by atoms with E-state index >= 15 is 0 Å². The van der Waals surface area contributed by atoms with Crippen molar-refractivity contribution in [3.05, 3.63) is 29.3 Å². The molecule has 0 bridgehead atoms. The summed E-state index contributed by atoms with van der Waals surface area (Å²) in [5.41, 5.74) is 3.36. The van der Waals surface area contributed by atoms with Crippen LogP contribution in [0.1, 0.15) is 11.1 Å². The summed E-state index contributed by atoms with van der Waals surface area (Å²) in [6, 6.07) is 6.02. The van der Waals surface area contributed by atoms with Crippen molar-refractivity contribution >= 4 is 11.6 Å². The van der Waals surface area contributed by atoms with E-state index in [4.69, 9.17) is 9.47 Å². The van der Waals surface area contributed by atoms with Crippen LogP contribution in [0.5, 0.6) is 0 Å². The smallest absolute Gasteiger partial charge is 0.250 e. The summed E-state index contributed by atoms with van der Waals surface area (Å²) in [7, 11) is 1.60. The Morgan fingerprint density at radius 2 is 2.32 bits per heavy atom. The highest BCUT2D eigenvalue weighted by Crippen LogP contribution is 2.22. The first-order valence-electron chi connectivity index (χ1n) is 6.49. The van der Waals surface area contributed by atoms with Crippen molar-refractivity contribution in [3.63, 3.8) is 0 Å². The zero-order valence-corrected chi connectivity index (χ0v) is 11.2. The van der Waals surface area contributed by atoms with Crippen LogP contribution in [0.15, 0.2) is 18.2 Å². The normalized spacial score (nSPS) is 13.9. The summed E-state index contributed by atoms with van der Waals surface area (Å²) in [6.45, 7) is 2.78. The molecule has 2 rings (SSSR count). The average molecular weight is 264 g/mol. The fourth-order valence-corrected chi connectivity index (χ4v) is 2.12. The molecule has 5 nitrogen and oxygen atoms in total. The third-order valence-corrected chi connectivity index (χ3v) is 3.08. The molecule has 0 aliphatic carbocycles. The summed E-state index contributed by atoms with van der Waals surface area (Å²) in [6.07, 6.45) is 1.00. The molecule has 1 aliphatic heterocycles. The van der Waals surface area contributed by atoms with Crippen LogP contribution < -0.4 is 10.6 Å². The van der Waals surface area contributed by atoms with Gasteiger partial charge in [-0.15, -0.1) is 0 Å². The van der Waals surface area contributed by atoms with Crippen molar-refractivity contribution in [1.82, 2.24) is 5.32 Å². The number of hydrogen-bond acceptors (Lipinski definition) is 4. The second-order valence-electron chi connectivity index (χ2n) is 4.46. The van der Waals surface area contributed by atoms with Crippen LogP contribution in [0.25, 0.3) is 0 Å². The average Bonchev–Trinajstić information content (AvgIpc) is 2.44. The number of nitrogens with one attached hydrogen (secondary N) is 2. The molecule has 0 saturated heterocycles. The van der Waals surface area contributed by atoms with Gasteiger partial charge in [0, 0.05) is 19.3 Å². The van der Waals surface area contributed by atoms with Crippen molar-refractivity contribution in [2.45, 2.75) is 13.0 Å². The molecule has 104 valence electrons. The predicted molar refractivity (Wildman–Crippen MR) is 73.2 cm³/mol. The SMILES string of the molecule is COCCOCC(=O)Nc1cccc2c1CNCC2. The minimum atomic E-state index is -0.130. The summed E-state index contributed by atoms with van der Waals surface area (Å²) in [4.78, 5) is 11.8. The van der Waals surface area contributed by atoms with Crippen molar-refractivity contribution in [2.75, 3.05) is 38.8 Å². The van der Waals surface area contributed by atoms with Gasteiger partial charge in [-0.1, -0.05) is 12.1 Å². The maximum atomic E-state index is 11.8. The number of benzene rings is 1. The van der Waals surface area contributed by atoms with E-state index in [1.807, 2.05) is 12.1 Å². The van der Waals surface area contributed by atoms with Gasteiger partial charge in [0.1, 0.15) is 6.61 Å². The molecule has 0 saturated carbocycles. The third-order valence-electron chi connectivity index (χ3n) is 3.08. The fraction of sp³-hybridized carbons (Fsp3) is 0.500. The lowest BCUT2D eigenvalue weighted by Crippen LogP contribution is -2.26. The van der Waals surface area contributed by atoms with E-state index in [1.165, 1.54) is 11.1 Å². The van der Waals surface area contributed by atoms with Gasteiger partial charge in [-0.3, -0.25) is 4.79 Å². The maximum Gasteiger partial charge on any atom is 0.250 e. The molecule has 1 heterocycles. The Morgan fingerprint density at radius 1 is 1.42 bits per heavy atom. The number of carbonyl (C=O) groups excluding carboxylic acids is 1. The van der Waals surface area contributed by atoms with Crippen molar-refractivity contribution in [1.29, 1.82) is 0 Å². The Morgan fingerprint density at radius 3 is 3.16 bits per heavy atom. The number of fused-ring (bicyclic) bond motifs is 1. The van der Waals surface area contributed by atoms with Gasteiger partial charge < -0.3 is 20.1 Å². The van der Waals surface area contributed by atoms with Crippen LogP contribution >= 0.6 is 0 Å². The van der Waals surface area contributed by atoms with E-state index in [0.717, 1.165) is 25.2 Å². The molecule has 5 heteroatoms. The number of ether oxygens (including phenoxy) is 2. The molecule has 0 atom stereocenters. The van der Waals surface area contributed by atoms with E-state index in [-0.39, 0.29) is 12.5 Å². The molecule has 1 aromatic rings. The molecular weight excluding hydrogens is 244 g/mol. The maximum absolute atomic E-state index is 11.8. The molecule has 0 fully saturated rings. The molecule has 19 heavy (non-hydrogen) atoms. The molecule has 0 radical (unpaired) electrons. The Labute approximate surface area is 113 Å².